The van der Waals surface area contributed by atoms with E-state index < -0.39 is 18.1 Å². The summed E-state index contributed by atoms with van der Waals surface area (Å²) in [6, 6.07) is 3.71. The number of carboxylic acids is 1. The van der Waals surface area contributed by atoms with Gasteiger partial charge in [0.2, 0.25) is 5.91 Å². The molecule has 7 nitrogen and oxygen atoms in total. The second-order valence-electron chi connectivity index (χ2n) is 4.77. The van der Waals surface area contributed by atoms with E-state index in [0.29, 0.717) is 0 Å². The van der Waals surface area contributed by atoms with Gasteiger partial charge >= 0.3 is 5.97 Å². The third-order valence-electron chi connectivity index (χ3n) is 3.35. The van der Waals surface area contributed by atoms with Crippen LogP contribution < -0.4 is 5.56 Å². The topological polar surface area (TPSA) is 99.8 Å². The fraction of sp³-hybridized carbons (Fsp3) is 0.462. The molecule has 2 atom stereocenters. The highest BCUT2D eigenvalue weighted by molar-refractivity contribution is 5.84. The number of nitrogens with zero attached hydrogens (tertiary/aromatic N) is 2. The molecule has 108 valence electrons. The van der Waals surface area contributed by atoms with Crippen molar-refractivity contribution in [1.29, 1.82) is 0 Å². The zero-order valence-electron chi connectivity index (χ0n) is 10.8. The van der Waals surface area contributed by atoms with Crippen LogP contribution in [0, 0.1) is 0 Å². The number of hydrogen-bond acceptors (Lipinski definition) is 4. The molecule has 0 radical (unpaired) electrons. The maximum absolute atomic E-state index is 12.0. The second kappa shape index (κ2) is 5.87. The van der Waals surface area contributed by atoms with Crippen LogP contribution in [-0.2, 0) is 16.1 Å². The van der Waals surface area contributed by atoms with Crippen LogP contribution in [0.4, 0.5) is 0 Å². The second-order valence-corrected chi connectivity index (χ2v) is 4.77. The average molecular weight is 280 g/mol. The molecule has 0 spiro atoms. The van der Waals surface area contributed by atoms with Gasteiger partial charge in [0, 0.05) is 38.2 Å². The largest absolute Gasteiger partial charge is 0.480 e. The number of pyridine rings is 1. The van der Waals surface area contributed by atoms with Crippen molar-refractivity contribution in [3.05, 3.63) is 34.7 Å². The third kappa shape index (κ3) is 3.05. The number of carboxylic acid groups (broad SMARTS) is 1. The van der Waals surface area contributed by atoms with E-state index in [2.05, 4.69) is 0 Å². The lowest BCUT2D eigenvalue weighted by Gasteiger charge is -2.21. The van der Waals surface area contributed by atoms with Crippen molar-refractivity contribution in [3.63, 3.8) is 0 Å². The van der Waals surface area contributed by atoms with Crippen molar-refractivity contribution >= 4 is 11.9 Å². The number of aliphatic carboxylic acids is 1. The fourth-order valence-corrected chi connectivity index (χ4v) is 2.33. The number of amides is 1. The maximum atomic E-state index is 12.0. The van der Waals surface area contributed by atoms with Crippen LogP contribution in [0.3, 0.4) is 0 Å². The molecular weight excluding hydrogens is 264 g/mol. The summed E-state index contributed by atoms with van der Waals surface area (Å²) in [6.07, 6.45) is 0.843. The van der Waals surface area contributed by atoms with E-state index in [0.717, 1.165) is 0 Å². The van der Waals surface area contributed by atoms with Crippen LogP contribution in [0.1, 0.15) is 12.8 Å². The highest BCUT2D eigenvalue weighted by atomic mass is 16.4. The van der Waals surface area contributed by atoms with E-state index in [9.17, 15) is 19.5 Å². The van der Waals surface area contributed by atoms with E-state index in [-0.39, 0.29) is 37.4 Å². The first-order chi connectivity index (χ1) is 9.49. The van der Waals surface area contributed by atoms with Gasteiger partial charge in [0.15, 0.2) is 0 Å². The van der Waals surface area contributed by atoms with Gasteiger partial charge in [0.25, 0.3) is 5.56 Å². The molecule has 1 aliphatic rings. The quantitative estimate of drug-likeness (QED) is 0.758. The van der Waals surface area contributed by atoms with Gasteiger partial charge in [-0.15, -0.1) is 0 Å². The number of aliphatic hydroxyl groups is 1. The third-order valence-corrected chi connectivity index (χ3v) is 3.35. The summed E-state index contributed by atoms with van der Waals surface area (Å²) in [5.74, 6) is -1.49. The van der Waals surface area contributed by atoms with Crippen molar-refractivity contribution in [2.75, 3.05) is 6.54 Å². The van der Waals surface area contributed by atoms with Crippen molar-refractivity contribution in [2.24, 2.45) is 0 Å². The summed E-state index contributed by atoms with van der Waals surface area (Å²) in [4.78, 5) is 35.7. The molecular formula is C13H16N2O5. The molecule has 7 heteroatoms. The highest BCUT2D eigenvalue weighted by Crippen LogP contribution is 2.19. The first-order valence-corrected chi connectivity index (χ1v) is 6.35. The van der Waals surface area contributed by atoms with Crippen LogP contribution in [0.2, 0.25) is 0 Å². The minimum Gasteiger partial charge on any atom is -0.480 e. The van der Waals surface area contributed by atoms with Crippen LogP contribution in [0.25, 0.3) is 0 Å². The Bertz CT molecular complexity index is 568. The monoisotopic (exact) mass is 280 g/mol. The molecule has 0 aromatic carbocycles. The lowest BCUT2D eigenvalue weighted by atomic mass is 10.2. The molecule has 1 amide bonds. The summed E-state index contributed by atoms with van der Waals surface area (Å²) in [5.41, 5.74) is -0.212. The van der Waals surface area contributed by atoms with Gasteiger partial charge in [-0.2, -0.15) is 0 Å². The van der Waals surface area contributed by atoms with Crippen LogP contribution in [0.5, 0.6) is 0 Å². The van der Waals surface area contributed by atoms with Gasteiger partial charge in [-0.3, -0.25) is 9.59 Å². The zero-order valence-corrected chi connectivity index (χ0v) is 10.8. The normalized spacial score (nSPS) is 21.9. The van der Waals surface area contributed by atoms with Crippen molar-refractivity contribution in [3.8, 4) is 0 Å². The van der Waals surface area contributed by atoms with E-state index in [1.165, 1.54) is 15.5 Å². The molecule has 20 heavy (non-hydrogen) atoms. The summed E-state index contributed by atoms with van der Waals surface area (Å²) in [5, 5.41) is 18.5. The predicted octanol–water partition coefficient (Wildman–Crippen LogP) is -0.715. The van der Waals surface area contributed by atoms with Gasteiger partial charge in [0.05, 0.1) is 6.10 Å². The molecule has 1 aromatic heterocycles. The number of rotatable bonds is 4. The maximum Gasteiger partial charge on any atom is 0.326 e. The molecule has 0 unspecified atom stereocenters. The summed E-state index contributed by atoms with van der Waals surface area (Å²) in [6.45, 7) is 0.219. The number of aromatic nitrogens is 1. The SMILES string of the molecule is O=C(O)[C@@H]1C[C@H](O)CN1C(=O)CCn1ccccc1=O. The molecule has 1 aliphatic heterocycles. The minimum absolute atomic E-state index is 0.0273. The standard InChI is InChI=1S/C13H16N2O5/c16-9-7-10(13(19)20)15(8-9)12(18)4-6-14-5-2-1-3-11(14)17/h1-3,5,9-10,16H,4,6-8H2,(H,19,20)/t9-,10-/m0/s1. The first kappa shape index (κ1) is 14.3. The van der Waals surface area contributed by atoms with Gasteiger partial charge in [-0.05, 0) is 6.07 Å². The summed E-state index contributed by atoms with van der Waals surface area (Å²) >= 11 is 0. The minimum atomic E-state index is -1.12. The first-order valence-electron chi connectivity index (χ1n) is 6.35. The van der Waals surface area contributed by atoms with E-state index >= 15 is 0 Å². The van der Waals surface area contributed by atoms with Crippen LogP contribution in [0.15, 0.2) is 29.2 Å². The smallest absolute Gasteiger partial charge is 0.326 e. The molecule has 0 saturated carbocycles. The van der Waals surface area contributed by atoms with E-state index in [4.69, 9.17) is 5.11 Å². The molecule has 1 aromatic rings. The van der Waals surface area contributed by atoms with Gasteiger partial charge in [-0.25, -0.2) is 4.79 Å². The van der Waals surface area contributed by atoms with Gasteiger partial charge in [-0.1, -0.05) is 6.07 Å². The molecule has 2 heterocycles. The molecule has 1 saturated heterocycles. The van der Waals surface area contributed by atoms with Crippen LogP contribution >= 0.6 is 0 Å². The van der Waals surface area contributed by atoms with E-state index in [1.54, 1.807) is 18.3 Å². The number of carbonyl (C=O) groups is 2. The Labute approximate surface area is 115 Å². The van der Waals surface area contributed by atoms with Crippen molar-refractivity contribution in [1.82, 2.24) is 9.47 Å². The zero-order chi connectivity index (χ0) is 14.7. The van der Waals surface area contributed by atoms with Gasteiger partial charge in [0.1, 0.15) is 6.04 Å². The molecule has 0 bridgehead atoms. The Morgan fingerprint density at radius 3 is 2.75 bits per heavy atom. The average Bonchev–Trinajstić information content (AvgIpc) is 2.80. The van der Waals surface area contributed by atoms with Crippen molar-refractivity contribution < 1.29 is 19.8 Å². The lowest BCUT2D eigenvalue weighted by Crippen LogP contribution is -2.41. The van der Waals surface area contributed by atoms with Crippen LogP contribution in [-0.4, -0.2) is 50.2 Å². The molecule has 2 rings (SSSR count). The summed E-state index contributed by atoms with van der Waals surface area (Å²) in [7, 11) is 0. The Balaban J connectivity index is 2.00. The Morgan fingerprint density at radius 1 is 1.35 bits per heavy atom. The highest BCUT2D eigenvalue weighted by Gasteiger charge is 2.38. The molecule has 2 N–H and O–H groups in total. The molecule has 1 fully saturated rings. The Morgan fingerprint density at radius 2 is 2.10 bits per heavy atom. The Hall–Kier alpha value is -2.15. The van der Waals surface area contributed by atoms with Crippen molar-refractivity contribution in [2.45, 2.75) is 31.5 Å². The van der Waals surface area contributed by atoms with E-state index in [1.807, 2.05) is 0 Å². The fourth-order valence-electron chi connectivity index (χ4n) is 2.33. The number of hydrogen-bond donors (Lipinski definition) is 2. The predicted molar refractivity (Wildman–Crippen MR) is 69.1 cm³/mol. The number of carbonyl (C=O) groups excluding carboxylic acids is 1. The Kier molecular flexibility index (Phi) is 4.19. The number of aryl methyl sites for hydroxylation is 1. The number of aliphatic hydroxyl groups excluding tert-OH is 1. The van der Waals surface area contributed by atoms with Gasteiger partial charge < -0.3 is 19.7 Å². The molecule has 0 aliphatic carbocycles. The summed E-state index contributed by atoms with van der Waals surface area (Å²) < 4.78 is 1.39. The lowest BCUT2D eigenvalue weighted by molar-refractivity contribution is -0.148. The number of β-amino-alcohol motifs (C(OH)–C–C–N with tert-alkyl or cyclic N) is 1. The number of likely N-dealkylation sites (tertiary alicyclic amines) is 1.